The average Bonchev–Trinajstić information content (AvgIpc) is 2.48. The molecule has 0 spiro atoms. The van der Waals surface area contributed by atoms with E-state index in [2.05, 4.69) is 46.2 Å². The fourth-order valence-corrected chi connectivity index (χ4v) is 2.49. The maximum Gasteiger partial charge on any atom is 0.322 e. The van der Waals surface area contributed by atoms with Crippen LogP contribution in [-0.2, 0) is 0 Å². The summed E-state index contributed by atoms with van der Waals surface area (Å²) in [4.78, 5) is 14.2. The van der Waals surface area contributed by atoms with Gasteiger partial charge in [-0.25, -0.2) is 0 Å². The van der Waals surface area contributed by atoms with E-state index in [1.165, 1.54) is 17.3 Å². The maximum absolute atomic E-state index is 5.42. The van der Waals surface area contributed by atoms with E-state index in [0.717, 1.165) is 17.9 Å². The lowest BCUT2D eigenvalue weighted by molar-refractivity contribution is 0.308. The molecule has 0 amide bonds. The summed E-state index contributed by atoms with van der Waals surface area (Å²) in [7, 11) is 0. The second-order valence-electron chi connectivity index (χ2n) is 4.45. The van der Waals surface area contributed by atoms with Crippen molar-refractivity contribution in [3.8, 4) is 6.01 Å². The quantitative estimate of drug-likeness (QED) is 0.844. The minimum atomic E-state index is 0.363. The molecule has 0 aliphatic carbocycles. The van der Waals surface area contributed by atoms with E-state index >= 15 is 0 Å². The van der Waals surface area contributed by atoms with Gasteiger partial charge in [-0.05, 0) is 43.7 Å². The summed E-state index contributed by atoms with van der Waals surface area (Å²) in [6, 6.07) is 8.53. The zero-order valence-corrected chi connectivity index (χ0v) is 13.4. The Labute approximate surface area is 129 Å². The third-order valence-electron chi connectivity index (χ3n) is 2.70. The molecule has 6 heteroatoms. The van der Waals surface area contributed by atoms with Crippen LogP contribution in [0.4, 0.5) is 5.95 Å². The highest BCUT2D eigenvalue weighted by atomic mass is 32.2. The molecule has 1 N–H and O–H groups in total. The van der Waals surface area contributed by atoms with Gasteiger partial charge >= 0.3 is 6.01 Å². The van der Waals surface area contributed by atoms with Crippen LogP contribution in [0.5, 0.6) is 6.01 Å². The fourth-order valence-electron chi connectivity index (χ4n) is 1.66. The Morgan fingerprint density at radius 1 is 1.14 bits per heavy atom. The van der Waals surface area contributed by atoms with Crippen molar-refractivity contribution in [1.82, 2.24) is 15.0 Å². The van der Waals surface area contributed by atoms with Gasteiger partial charge in [-0.1, -0.05) is 25.1 Å². The van der Waals surface area contributed by atoms with E-state index in [0.29, 0.717) is 23.7 Å². The highest BCUT2D eigenvalue weighted by Crippen LogP contribution is 2.28. The molecule has 2 aromatic rings. The molecule has 0 fully saturated rings. The molecule has 5 nitrogen and oxygen atoms in total. The van der Waals surface area contributed by atoms with Gasteiger partial charge < -0.3 is 10.1 Å². The smallest absolute Gasteiger partial charge is 0.322 e. The third-order valence-corrected chi connectivity index (χ3v) is 3.74. The van der Waals surface area contributed by atoms with Gasteiger partial charge in [0.1, 0.15) is 0 Å². The predicted molar refractivity (Wildman–Crippen MR) is 85.1 cm³/mol. The molecule has 0 saturated carbocycles. The van der Waals surface area contributed by atoms with E-state index < -0.39 is 0 Å². The lowest BCUT2D eigenvalue weighted by Crippen LogP contribution is -2.08. The van der Waals surface area contributed by atoms with Crippen molar-refractivity contribution < 1.29 is 4.74 Å². The first-order chi connectivity index (χ1) is 10.2. The second-order valence-corrected chi connectivity index (χ2v) is 5.46. The molecular formula is C15H20N4OS. The minimum Gasteiger partial charge on any atom is -0.464 e. The van der Waals surface area contributed by atoms with E-state index in [1.807, 2.05) is 19.1 Å². The number of benzene rings is 1. The monoisotopic (exact) mass is 304 g/mol. The zero-order chi connectivity index (χ0) is 15.1. The summed E-state index contributed by atoms with van der Waals surface area (Å²) in [5.41, 5.74) is 1.20. The summed E-state index contributed by atoms with van der Waals surface area (Å²) < 4.78 is 5.42. The van der Waals surface area contributed by atoms with E-state index in [9.17, 15) is 0 Å². The van der Waals surface area contributed by atoms with Gasteiger partial charge in [0.2, 0.25) is 11.1 Å². The standard InChI is InChI=1S/C15H20N4OS/c1-4-10-16-13-17-14(20-5-2)19-15(18-13)21-12-9-7-6-8-11(12)3/h6-9H,4-5,10H2,1-3H3,(H,16,17,18,19). The van der Waals surface area contributed by atoms with Crippen molar-refractivity contribution in [2.24, 2.45) is 0 Å². The number of anilines is 1. The first kappa shape index (κ1) is 15.6. The average molecular weight is 304 g/mol. The van der Waals surface area contributed by atoms with Crippen LogP contribution < -0.4 is 10.1 Å². The number of nitrogens with one attached hydrogen (secondary N) is 1. The highest BCUT2D eigenvalue weighted by molar-refractivity contribution is 7.99. The van der Waals surface area contributed by atoms with Crippen LogP contribution in [0, 0.1) is 6.92 Å². The molecule has 112 valence electrons. The van der Waals surface area contributed by atoms with Crippen molar-refractivity contribution in [3.63, 3.8) is 0 Å². The van der Waals surface area contributed by atoms with Gasteiger partial charge in [-0.2, -0.15) is 15.0 Å². The van der Waals surface area contributed by atoms with Crippen LogP contribution in [-0.4, -0.2) is 28.1 Å². The van der Waals surface area contributed by atoms with Crippen molar-refractivity contribution in [3.05, 3.63) is 29.8 Å². The van der Waals surface area contributed by atoms with Crippen LogP contribution in [0.2, 0.25) is 0 Å². The van der Waals surface area contributed by atoms with Crippen LogP contribution in [0.15, 0.2) is 34.3 Å². The first-order valence-electron chi connectivity index (χ1n) is 7.09. The van der Waals surface area contributed by atoms with Crippen LogP contribution in [0.1, 0.15) is 25.8 Å². The molecule has 1 aromatic carbocycles. The summed E-state index contributed by atoms with van der Waals surface area (Å²) in [5.74, 6) is 0.561. The SMILES string of the molecule is CCCNc1nc(OCC)nc(Sc2ccccc2C)n1. The van der Waals surface area contributed by atoms with E-state index in [1.54, 1.807) is 0 Å². The Morgan fingerprint density at radius 3 is 2.67 bits per heavy atom. The van der Waals surface area contributed by atoms with Crippen LogP contribution in [0.25, 0.3) is 0 Å². The Bertz CT molecular complexity index is 592. The Hall–Kier alpha value is -1.82. The van der Waals surface area contributed by atoms with Crippen molar-refractivity contribution in [1.29, 1.82) is 0 Å². The summed E-state index contributed by atoms with van der Waals surface area (Å²) >= 11 is 1.52. The number of aryl methyl sites for hydroxylation is 1. The molecule has 0 aliphatic heterocycles. The summed E-state index contributed by atoms with van der Waals surface area (Å²) in [6.07, 6.45) is 1.01. The maximum atomic E-state index is 5.42. The molecule has 0 atom stereocenters. The topological polar surface area (TPSA) is 59.9 Å². The summed E-state index contributed by atoms with van der Waals surface area (Å²) in [5, 5.41) is 3.82. The lowest BCUT2D eigenvalue weighted by atomic mass is 10.2. The molecule has 0 bridgehead atoms. The largest absolute Gasteiger partial charge is 0.464 e. The number of hydrogen-bond donors (Lipinski definition) is 1. The van der Waals surface area contributed by atoms with Gasteiger partial charge in [0, 0.05) is 11.4 Å². The van der Waals surface area contributed by atoms with E-state index in [4.69, 9.17) is 4.74 Å². The number of hydrogen-bond acceptors (Lipinski definition) is 6. The van der Waals surface area contributed by atoms with Crippen molar-refractivity contribution in [2.75, 3.05) is 18.5 Å². The number of rotatable bonds is 7. The Kier molecular flexibility index (Phi) is 5.80. The molecule has 0 aliphatic rings. The van der Waals surface area contributed by atoms with Crippen molar-refractivity contribution in [2.45, 2.75) is 37.2 Å². The van der Waals surface area contributed by atoms with Gasteiger partial charge in [-0.3, -0.25) is 0 Å². The van der Waals surface area contributed by atoms with E-state index in [-0.39, 0.29) is 0 Å². The van der Waals surface area contributed by atoms with Crippen LogP contribution in [0.3, 0.4) is 0 Å². The lowest BCUT2D eigenvalue weighted by Gasteiger charge is -2.09. The molecule has 1 aromatic heterocycles. The normalized spacial score (nSPS) is 10.4. The van der Waals surface area contributed by atoms with Crippen LogP contribution >= 0.6 is 11.8 Å². The number of ether oxygens (including phenoxy) is 1. The molecule has 1 heterocycles. The predicted octanol–water partition coefficient (Wildman–Crippen LogP) is 3.55. The molecule has 0 saturated heterocycles. The second kappa shape index (κ2) is 7.83. The Balaban J connectivity index is 2.24. The molecular weight excluding hydrogens is 284 g/mol. The number of aromatic nitrogens is 3. The van der Waals surface area contributed by atoms with Gasteiger partial charge in [0.05, 0.1) is 6.61 Å². The molecule has 2 rings (SSSR count). The number of nitrogens with zero attached hydrogens (tertiary/aromatic N) is 3. The molecule has 21 heavy (non-hydrogen) atoms. The van der Waals surface area contributed by atoms with Crippen molar-refractivity contribution >= 4 is 17.7 Å². The fraction of sp³-hybridized carbons (Fsp3) is 0.400. The zero-order valence-electron chi connectivity index (χ0n) is 12.6. The molecule has 0 unspecified atom stereocenters. The Morgan fingerprint density at radius 2 is 1.95 bits per heavy atom. The van der Waals surface area contributed by atoms with Gasteiger partial charge in [0.15, 0.2) is 0 Å². The van der Waals surface area contributed by atoms with Gasteiger partial charge in [-0.15, -0.1) is 0 Å². The van der Waals surface area contributed by atoms with Gasteiger partial charge in [0.25, 0.3) is 0 Å². The summed E-state index contributed by atoms with van der Waals surface area (Å²) in [6.45, 7) is 7.44. The minimum absolute atomic E-state index is 0.363. The highest BCUT2D eigenvalue weighted by Gasteiger charge is 2.09. The first-order valence-corrected chi connectivity index (χ1v) is 7.90. The molecule has 0 radical (unpaired) electrons. The third kappa shape index (κ3) is 4.60.